The summed E-state index contributed by atoms with van der Waals surface area (Å²) < 4.78 is 27.5. The number of hydrogen-bond acceptors (Lipinski definition) is 6. The number of piperidine rings is 1. The van der Waals surface area contributed by atoms with E-state index in [1.807, 2.05) is 6.07 Å². The van der Waals surface area contributed by atoms with Gasteiger partial charge in [0.1, 0.15) is 11.9 Å². The fourth-order valence-electron chi connectivity index (χ4n) is 4.31. The molecule has 1 aliphatic carbocycles. The van der Waals surface area contributed by atoms with Gasteiger partial charge in [0.05, 0.1) is 18.2 Å². The Labute approximate surface area is 155 Å². The zero-order valence-electron chi connectivity index (χ0n) is 14.6. The number of nitriles is 2. The molecular formula is C19H19F2N5O. The van der Waals surface area contributed by atoms with E-state index in [4.69, 9.17) is 10.5 Å². The van der Waals surface area contributed by atoms with Crippen LogP contribution in [-0.2, 0) is 4.79 Å². The minimum absolute atomic E-state index is 0.0807. The predicted octanol–water partition coefficient (Wildman–Crippen LogP) is 1.09. The highest BCUT2D eigenvalue weighted by atomic mass is 19.1. The molecule has 1 aromatic carbocycles. The Bertz CT molecular complexity index is 851. The molecule has 27 heavy (non-hydrogen) atoms. The van der Waals surface area contributed by atoms with Crippen molar-refractivity contribution < 1.29 is 13.6 Å². The third-order valence-corrected chi connectivity index (χ3v) is 5.87. The van der Waals surface area contributed by atoms with Gasteiger partial charge in [-0.25, -0.2) is 8.78 Å². The van der Waals surface area contributed by atoms with Gasteiger partial charge in [0.2, 0.25) is 5.79 Å². The maximum atomic E-state index is 13.8. The summed E-state index contributed by atoms with van der Waals surface area (Å²) >= 11 is 0. The number of carbonyl (C=O) groups is 1. The molecule has 2 unspecified atom stereocenters. The van der Waals surface area contributed by atoms with Gasteiger partial charge >= 0.3 is 0 Å². The Morgan fingerprint density at radius 3 is 2.70 bits per heavy atom. The smallest absolute Gasteiger partial charge is 0.249 e. The summed E-state index contributed by atoms with van der Waals surface area (Å²) in [7, 11) is 0. The second-order valence-electron chi connectivity index (χ2n) is 7.61. The number of fused-ring (bicyclic) bond motifs is 1. The first-order chi connectivity index (χ1) is 12.9. The Morgan fingerprint density at radius 1 is 1.33 bits per heavy atom. The normalized spacial score (nSPS) is 34.0. The SMILES string of the molecule is N#Cc1cc(F)cc(N2CC3C(C2)C3NCC(=O)[C@@H]2CN[C@@](F)(C#N)C2)c1. The highest BCUT2D eigenvalue weighted by molar-refractivity contribution is 5.83. The van der Waals surface area contributed by atoms with E-state index >= 15 is 0 Å². The highest BCUT2D eigenvalue weighted by Gasteiger charge is 2.55. The Hall–Kier alpha value is -2.55. The van der Waals surface area contributed by atoms with Gasteiger partial charge in [-0.3, -0.25) is 10.1 Å². The topological polar surface area (TPSA) is 91.9 Å². The first-order valence-corrected chi connectivity index (χ1v) is 8.99. The molecular weight excluding hydrogens is 352 g/mol. The van der Waals surface area contributed by atoms with Gasteiger partial charge in [-0.15, -0.1) is 0 Å². The van der Waals surface area contributed by atoms with Crippen LogP contribution in [0.25, 0.3) is 0 Å². The number of rotatable bonds is 5. The number of Topliss-reactive ketones (excluding diaryl/α,β-unsaturated/α-hetero) is 1. The number of nitrogens with one attached hydrogen (secondary N) is 2. The maximum Gasteiger partial charge on any atom is 0.249 e. The van der Waals surface area contributed by atoms with Crippen LogP contribution in [0.2, 0.25) is 0 Å². The average Bonchev–Trinajstić information content (AvgIpc) is 3.01. The molecule has 140 valence electrons. The van der Waals surface area contributed by atoms with E-state index in [-0.39, 0.29) is 31.3 Å². The third-order valence-electron chi connectivity index (χ3n) is 5.87. The quantitative estimate of drug-likeness (QED) is 0.753. The number of anilines is 1. The number of alkyl halides is 1. The second-order valence-corrected chi connectivity index (χ2v) is 7.61. The molecule has 6 nitrogen and oxygen atoms in total. The molecule has 3 fully saturated rings. The van der Waals surface area contributed by atoms with E-state index in [1.54, 1.807) is 12.1 Å². The zero-order valence-corrected chi connectivity index (χ0v) is 14.6. The van der Waals surface area contributed by atoms with Crippen LogP contribution in [0.3, 0.4) is 0 Å². The standard InChI is InChI=1S/C19H19F2N5O/c20-13-1-11(5-22)2-14(3-13)26-8-15-16(9-26)18(15)24-7-17(27)12-4-19(21,10-23)25-6-12/h1-3,12,15-16,18,24-25H,4,6-9H2/t12-,15?,16?,18?,19+/m0/s1. The lowest BCUT2D eigenvalue weighted by Crippen LogP contribution is -2.36. The van der Waals surface area contributed by atoms with Crippen LogP contribution in [0.15, 0.2) is 18.2 Å². The summed E-state index contributed by atoms with van der Waals surface area (Å²) in [5, 5.41) is 23.4. The van der Waals surface area contributed by atoms with Crippen LogP contribution in [0, 0.1) is 46.2 Å². The van der Waals surface area contributed by atoms with Crippen molar-refractivity contribution in [2.75, 3.05) is 31.1 Å². The number of ketones is 1. The molecule has 4 rings (SSSR count). The summed E-state index contributed by atoms with van der Waals surface area (Å²) in [4.78, 5) is 14.3. The first kappa shape index (κ1) is 17.8. The molecule has 2 saturated heterocycles. The van der Waals surface area contributed by atoms with Gasteiger partial charge in [0, 0.05) is 43.7 Å². The van der Waals surface area contributed by atoms with Crippen molar-refractivity contribution in [3.8, 4) is 12.1 Å². The number of carbonyl (C=O) groups excluding carboxylic acids is 1. The third kappa shape index (κ3) is 3.39. The van der Waals surface area contributed by atoms with Crippen molar-refractivity contribution in [1.82, 2.24) is 10.6 Å². The van der Waals surface area contributed by atoms with Crippen molar-refractivity contribution in [1.29, 1.82) is 10.5 Å². The van der Waals surface area contributed by atoms with E-state index < -0.39 is 17.5 Å². The van der Waals surface area contributed by atoms with E-state index in [0.29, 0.717) is 23.1 Å². The molecule has 2 heterocycles. The van der Waals surface area contributed by atoms with Gasteiger partial charge in [0.25, 0.3) is 0 Å². The first-order valence-electron chi connectivity index (χ1n) is 8.99. The average molecular weight is 371 g/mol. The lowest BCUT2D eigenvalue weighted by atomic mass is 10.00. The van der Waals surface area contributed by atoms with Crippen molar-refractivity contribution in [3.05, 3.63) is 29.6 Å². The van der Waals surface area contributed by atoms with E-state index in [1.165, 1.54) is 12.1 Å². The Balaban J connectivity index is 1.27. The molecule has 0 aromatic heterocycles. The fourth-order valence-corrected chi connectivity index (χ4v) is 4.31. The molecule has 2 N–H and O–H groups in total. The minimum atomic E-state index is -2.09. The van der Waals surface area contributed by atoms with Crippen molar-refractivity contribution in [2.45, 2.75) is 18.3 Å². The second kappa shape index (κ2) is 6.56. The number of nitrogens with zero attached hydrogens (tertiary/aromatic N) is 3. The molecule has 2 aliphatic heterocycles. The predicted molar refractivity (Wildman–Crippen MR) is 92.7 cm³/mol. The van der Waals surface area contributed by atoms with Crippen molar-refractivity contribution >= 4 is 11.5 Å². The monoisotopic (exact) mass is 371 g/mol. The van der Waals surface area contributed by atoms with Crippen LogP contribution in [0.1, 0.15) is 12.0 Å². The fraction of sp³-hybridized carbons (Fsp3) is 0.526. The molecule has 4 atom stereocenters. The van der Waals surface area contributed by atoms with Crippen LogP contribution in [0.4, 0.5) is 14.5 Å². The number of halogens is 2. The van der Waals surface area contributed by atoms with Gasteiger partial charge < -0.3 is 10.2 Å². The van der Waals surface area contributed by atoms with Crippen LogP contribution >= 0.6 is 0 Å². The molecule has 0 bridgehead atoms. The Kier molecular flexibility index (Phi) is 4.33. The Morgan fingerprint density at radius 2 is 2.07 bits per heavy atom. The zero-order chi connectivity index (χ0) is 19.2. The van der Waals surface area contributed by atoms with Gasteiger partial charge in [0.15, 0.2) is 5.78 Å². The van der Waals surface area contributed by atoms with Gasteiger partial charge in [-0.1, -0.05) is 0 Å². The van der Waals surface area contributed by atoms with Gasteiger partial charge in [-0.05, 0) is 30.0 Å². The molecule has 0 radical (unpaired) electrons. The summed E-state index contributed by atoms with van der Waals surface area (Å²) in [5.41, 5.74) is 1.01. The molecule has 8 heteroatoms. The number of benzene rings is 1. The summed E-state index contributed by atoms with van der Waals surface area (Å²) in [6.07, 6.45) is -0.101. The van der Waals surface area contributed by atoms with Crippen molar-refractivity contribution in [2.24, 2.45) is 17.8 Å². The van der Waals surface area contributed by atoms with E-state index in [2.05, 4.69) is 15.5 Å². The molecule has 0 spiro atoms. The molecule has 1 aromatic rings. The number of hydrogen-bond donors (Lipinski definition) is 2. The van der Waals surface area contributed by atoms with Crippen molar-refractivity contribution in [3.63, 3.8) is 0 Å². The van der Waals surface area contributed by atoms with E-state index in [9.17, 15) is 13.6 Å². The van der Waals surface area contributed by atoms with Crippen LogP contribution in [-0.4, -0.2) is 43.8 Å². The molecule has 0 amide bonds. The largest absolute Gasteiger partial charge is 0.371 e. The summed E-state index contributed by atoms with van der Waals surface area (Å²) in [6, 6.07) is 8.09. The van der Waals surface area contributed by atoms with Crippen LogP contribution in [0.5, 0.6) is 0 Å². The maximum absolute atomic E-state index is 13.8. The molecule has 1 saturated carbocycles. The lowest BCUT2D eigenvalue weighted by Gasteiger charge is -2.22. The van der Waals surface area contributed by atoms with Gasteiger partial charge in [-0.2, -0.15) is 10.5 Å². The summed E-state index contributed by atoms with van der Waals surface area (Å²) in [6.45, 7) is 1.86. The molecule has 3 aliphatic rings. The van der Waals surface area contributed by atoms with Crippen LogP contribution < -0.4 is 15.5 Å². The summed E-state index contributed by atoms with van der Waals surface area (Å²) in [5.74, 6) is -2.31. The van der Waals surface area contributed by atoms with E-state index in [0.717, 1.165) is 13.1 Å². The minimum Gasteiger partial charge on any atom is -0.371 e. The lowest BCUT2D eigenvalue weighted by molar-refractivity contribution is -0.121. The highest BCUT2D eigenvalue weighted by Crippen LogP contribution is 2.47.